The zero-order valence-corrected chi connectivity index (χ0v) is 8.50. The van der Waals surface area contributed by atoms with E-state index in [0.717, 1.165) is 12.4 Å². The first-order chi connectivity index (χ1) is 7.40. The molecule has 74 valence electrons. The van der Waals surface area contributed by atoms with Crippen LogP contribution in [-0.4, -0.2) is 4.98 Å². The molecule has 2 rings (SSSR count). The van der Waals surface area contributed by atoms with E-state index < -0.39 is 0 Å². The maximum absolute atomic E-state index is 4.24. The van der Waals surface area contributed by atoms with Gasteiger partial charge in [0.05, 0.1) is 6.20 Å². The molecule has 2 heteroatoms. The van der Waals surface area contributed by atoms with Crippen LogP contribution in [0.4, 0.5) is 0 Å². The van der Waals surface area contributed by atoms with E-state index in [1.54, 1.807) is 12.3 Å². The summed E-state index contributed by atoms with van der Waals surface area (Å²) in [5, 5.41) is 0. The Morgan fingerprint density at radius 2 is 2.00 bits per heavy atom. The third kappa shape index (κ3) is 2.29. The molecule has 1 aromatic heterocycles. The van der Waals surface area contributed by atoms with Gasteiger partial charge in [-0.1, -0.05) is 36.9 Å². The maximum Gasteiger partial charge on any atom is 0.322 e. The van der Waals surface area contributed by atoms with Gasteiger partial charge in [0.1, 0.15) is 12.7 Å². The molecule has 0 fully saturated rings. The molecule has 2 nitrogen and oxygen atoms in total. The first-order valence-corrected chi connectivity index (χ1v) is 4.91. The van der Waals surface area contributed by atoms with Gasteiger partial charge in [0.25, 0.3) is 0 Å². The molecule has 15 heavy (non-hydrogen) atoms. The second kappa shape index (κ2) is 4.51. The molecule has 0 N–H and O–H groups in total. The Kier molecular flexibility index (Phi) is 2.88. The smallest absolute Gasteiger partial charge is 0.227 e. The fourth-order valence-corrected chi connectivity index (χ4v) is 1.50. The summed E-state index contributed by atoms with van der Waals surface area (Å²) >= 11 is 0. The Bertz CT molecular complexity index is 449. The summed E-state index contributed by atoms with van der Waals surface area (Å²) in [7, 11) is 0. The zero-order chi connectivity index (χ0) is 10.5. The highest BCUT2D eigenvalue weighted by atomic mass is 15.0. The molecule has 0 aliphatic rings. The highest BCUT2D eigenvalue weighted by Gasteiger charge is 2.06. The molecule has 0 bridgehead atoms. The number of benzene rings is 1. The average molecular weight is 197 g/mol. The van der Waals surface area contributed by atoms with Crippen LogP contribution in [0.3, 0.4) is 0 Å². The van der Waals surface area contributed by atoms with Gasteiger partial charge in [-0.05, 0) is 10.5 Å². The van der Waals surface area contributed by atoms with Gasteiger partial charge in [-0.3, -0.25) is 0 Å². The van der Waals surface area contributed by atoms with Crippen LogP contribution >= 0.6 is 0 Å². The van der Waals surface area contributed by atoms with Crippen molar-refractivity contribution in [2.45, 2.75) is 6.54 Å². The topological polar surface area (TPSA) is 16.8 Å². The van der Waals surface area contributed by atoms with E-state index in [-0.39, 0.29) is 0 Å². The highest BCUT2D eigenvalue weighted by molar-refractivity contribution is 5.31. The van der Waals surface area contributed by atoms with Crippen molar-refractivity contribution in [2.75, 3.05) is 0 Å². The molecule has 0 amide bonds. The van der Waals surface area contributed by atoms with Crippen molar-refractivity contribution in [2.24, 2.45) is 0 Å². The summed E-state index contributed by atoms with van der Waals surface area (Å²) in [5.41, 5.74) is 1.26. The van der Waals surface area contributed by atoms with E-state index in [4.69, 9.17) is 0 Å². The van der Waals surface area contributed by atoms with Gasteiger partial charge < -0.3 is 0 Å². The molecule has 0 saturated heterocycles. The summed E-state index contributed by atoms with van der Waals surface area (Å²) in [6, 6.07) is 12.2. The Morgan fingerprint density at radius 1 is 1.20 bits per heavy atom. The number of rotatable bonds is 3. The Balaban J connectivity index is 2.28. The van der Waals surface area contributed by atoms with Crippen molar-refractivity contribution in [1.29, 1.82) is 0 Å². The molecule has 2 aromatic rings. The molecule has 0 aliphatic carbocycles. The van der Waals surface area contributed by atoms with Crippen LogP contribution in [0.25, 0.3) is 6.08 Å². The summed E-state index contributed by atoms with van der Waals surface area (Å²) in [6.07, 6.45) is 5.55. The van der Waals surface area contributed by atoms with Crippen molar-refractivity contribution in [3.63, 3.8) is 0 Å². The first-order valence-electron chi connectivity index (χ1n) is 4.91. The number of hydrogen-bond donors (Lipinski definition) is 0. The number of aromatic nitrogens is 2. The minimum absolute atomic E-state index is 0.829. The van der Waals surface area contributed by atoms with E-state index in [2.05, 4.69) is 28.3 Å². The van der Waals surface area contributed by atoms with E-state index in [1.807, 2.05) is 30.5 Å². The fraction of sp³-hybridized carbons (Fsp3) is 0.0769. The lowest BCUT2D eigenvalue weighted by Crippen LogP contribution is -2.37. The van der Waals surface area contributed by atoms with Gasteiger partial charge in [-0.2, -0.15) is 0 Å². The second-order valence-electron chi connectivity index (χ2n) is 3.30. The van der Waals surface area contributed by atoms with Crippen molar-refractivity contribution < 1.29 is 4.57 Å². The molecule has 0 aliphatic heterocycles. The van der Waals surface area contributed by atoms with Crippen LogP contribution in [-0.2, 0) is 6.54 Å². The Morgan fingerprint density at radius 3 is 2.73 bits per heavy atom. The highest BCUT2D eigenvalue weighted by Crippen LogP contribution is 1.98. The zero-order valence-electron chi connectivity index (χ0n) is 8.50. The van der Waals surface area contributed by atoms with Gasteiger partial charge in [0, 0.05) is 12.1 Å². The Hall–Kier alpha value is -1.96. The molecule has 0 atom stereocenters. The lowest BCUT2D eigenvalue weighted by atomic mass is 10.2. The van der Waals surface area contributed by atoms with Crippen molar-refractivity contribution >= 4 is 6.08 Å². The fourth-order valence-electron chi connectivity index (χ4n) is 1.50. The molecular weight excluding hydrogens is 184 g/mol. The van der Waals surface area contributed by atoms with Gasteiger partial charge >= 0.3 is 5.82 Å². The molecule has 1 aromatic carbocycles. The van der Waals surface area contributed by atoms with Crippen molar-refractivity contribution in [3.05, 3.63) is 66.8 Å². The molecule has 1 heterocycles. The molecular formula is C13H13N2+. The van der Waals surface area contributed by atoms with E-state index in [0.29, 0.717) is 0 Å². The molecule has 0 spiro atoms. The second-order valence-corrected chi connectivity index (χ2v) is 3.30. The summed E-state index contributed by atoms with van der Waals surface area (Å²) in [6.45, 7) is 4.58. The lowest BCUT2D eigenvalue weighted by Gasteiger charge is -2.01. The largest absolute Gasteiger partial charge is 0.322 e. The molecule has 0 radical (unpaired) electrons. The number of hydrogen-bond acceptors (Lipinski definition) is 1. The van der Waals surface area contributed by atoms with Crippen LogP contribution in [0, 0.1) is 0 Å². The van der Waals surface area contributed by atoms with Gasteiger partial charge in [-0.15, -0.1) is 0 Å². The third-order valence-electron chi connectivity index (χ3n) is 2.23. The van der Waals surface area contributed by atoms with Crippen LogP contribution in [0.5, 0.6) is 0 Å². The van der Waals surface area contributed by atoms with Gasteiger partial charge in [0.2, 0.25) is 0 Å². The third-order valence-corrected chi connectivity index (χ3v) is 2.23. The summed E-state index contributed by atoms with van der Waals surface area (Å²) < 4.78 is 2.07. The van der Waals surface area contributed by atoms with Crippen molar-refractivity contribution in [3.8, 4) is 0 Å². The Labute approximate surface area is 89.5 Å². The predicted molar refractivity (Wildman–Crippen MR) is 60.1 cm³/mol. The number of nitrogens with zero attached hydrogens (tertiary/aromatic N) is 2. The average Bonchev–Trinajstić information content (AvgIpc) is 2.31. The van der Waals surface area contributed by atoms with E-state index in [1.165, 1.54) is 5.56 Å². The normalized spacial score (nSPS) is 9.87. The van der Waals surface area contributed by atoms with Crippen LogP contribution in [0.1, 0.15) is 11.4 Å². The van der Waals surface area contributed by atoms with E-state index in [9.17, 15) is 0 Å². The van der Waals surface area contributed by atoms with Crippen LogP contribution < -0.4 is 4.57 Å². The van der Waals surface area contributed by atoms with E-state index >= 15 is 0 Å². The minimum Gasteiger partial charge on any atom is -0.227 e. The molecule has 0 unspecified atom stereocenters. The maximum atomic E-state index is 4.24. The summed E-state index contributed by atoms with van der Waals surface area (Å²) in [5.74, 6) is 0.890. The minimum atomic E-state index is 0.829. The lowest BCUT2D eigenvalue weighted by molar-refractivity contribution is -0.693. The summed E-state index contributed by atoms with van der Waals surface area (Å²) in [4.78, 5) is 4.24. The van der Waals surface area contributed by atoms with Gasteiger partial charge in [-0.25, -0.2) is 4.57 Å². The van der Waals surface area contributed by atoms with Gasteiger partial charge in [0.15, 0.2) is 0 Å². The molecule has 0 saturated carbocycles. The standard InChI is InChI=1S/C13H13N2/c1-2-13-14-9-6-10-15(13)11-12-7-4-3-5-8-12/h2-10H,1,11H2/q+1. The van der Waals surface area contributed by atoms with Crippen LogP contribution in [0.2, 0.25) is 0 Å². The SMILES string of the molecule is C=Cc1nccc[n+]1Cc1ccccc1. The predicted octanol–water partition coefficient (Wildman–Crippen LogP) is 2.06. The van der Waals surface area contributed by atoms with Crippen molar-refractivity contribution in [1.82, 2.24) is 4.98 Å². The first kappa shape index (κ1) is 9.59. The quantitative estimate of drug-likeness (QED) is 0.688. The van der Waals surface area contributed by atoms with Crippen LogP contribution in [0.15, 0.2) is 55.4 Å². The monoisotopic (exact) mass is 197 g/mol.